The van der Waals surface area contributed by atoms with E-state index in [1.54, 1.807) is 12.1 Å². The van der Waals surface area contributed by atoms with E-state index in [9.17, 15) is 4.79 Å². The first-order chi connectivity index (χ1) is 21.9. The molecular formula is C35H44O10. The fourth-order valence-corrected chi connectivity index (χ4v) is 5.21. The van der Waals surface area contributed by atoms with Gasteiger partial charge in [-0.25, -0.2) is 4.79 Å². The van der Waals surface area contributed by atoms with Gasteiger partial charge in [0, 0.05) is 29.7 Å². The number of carbonyl (C=O) groups is 1. The molecule has 3 aromatic carbocycles. The number of hydrogen-bond donors (Lipinski definition) is 0. The standard InChI is InChI=1S/C35H44O10/c1-8-38-24-19-27(40-10-3)25-21-32(45-35(36)23-17-30(42-12-5)34(37-7)31(18-23)43-13-6)33(44-28(25)20-24)22-14-15-26(39-9-2)29(16-22)41-11-4/h14-20,32-33H,8-13,21H2,1-7H3/t32-,33-/m1/s1. The van der Waals surface area contributed by atoms with Gasteiger partial charge >= 0.3 is 5.97 Å². The maximum atomic E-state index is 13.8. The van der Waals surface area contributed by atoms with Crippen molar-refractivity contribution in [3.05, 3.63) is 59.2 Å². The SMILES string of the molecule is CCOc1cc(OCC)c2c(c1)O[C@H](c1ccc(OCC)c(OCC)c1)[C@H](OC(=O)c1cc(OCC)c(OC)c(OCC)c1)C2. The average Bonchev–Trinajstić information content (AvgIpc) is 3.02. The van der Waals surface area contributed by atoms with Crippen molar-refractivity contribution in [2.24, 2.45) is 0 Å². The summed E-state index contributed by atoms with van der Waals surface area (Å²) in [6.07, 6.45) is -1.08. The summed E-state index contributed by atoms with van der Waals surface area (Å²) in [5.74, 6) is 3.64. The largest absolute Gasteiger partial charge is 0.494 e. The highest BCUT2D eigenvalue weighted by atomic mass is 16.6. The zero-order valence-corrected chi connectivity index (χ0v) is 27.2. The first-order valence-electron chi connectivity index (χ1n) is 15.6. The predicted octanol–water partition coefficient (Wildman–Crippen LogP) is 6.99. The molecule has 0 radical (unpaired) electrons. The average molecular weight is 625 g/mol. The monoisotopic (exact) mass is 624 g/mol. The summed E-state index contributed by atoms with van der Waals surface area (Å²) in [6, 6.07) is 12.5. The first kappa shape index (κ1) is 33.4. The second-order valence-electron chi connectivity index (χ2n) is 9.89. The highest BCUT2D eigenvalue weighted by Gasteiger charge is 2.37. The van der Waals surface area contributed by atoms with Gasteiger partial charge in [-0.3, -0.25) is 0 Å². The van der Waals surface area contributed by atoms with Crippen LogP contribution in [0.25, 0.3) is 0 Å². The van der Waals surface area contributed by atoms with Crippen LogP contribution in [0, 0.1) is 0 Å². The van der Waals surface area contributed by atoms with Gasteiger partial charge in [0.1, 0.15) is 23.4 Å². The molecule has 0 N–H and O–H groups in total. The third-order valence-electron chi connectivity index (χ3n) is 6.96. The fraction of sp³-hybridized carbons (Fsp3) is 0.457. The molecule has 10 nitrogen and oxygen atoms in total. The Morgan fingerprint density at radius 1 is 0.689 bits per heavy atom. The van der Waals surface area contributed by atoms with E-state index in [1.165, 1.54) is 7.11 Å². The molecule has 4 rings (SSSR count). The summed E-state index contributed by atoms with van der Waals surface area (Å²) in [4.78, 5) is 13.8. The lowest BCUT2D eigenvalue weighted by molar-refractivity contribution is -0.0190. The molecule has 0 aliphatic carbocycles. The van der Waals surface area contributed by atoms with Crippen molar-refractivity contribution in [3.8, 4) is 46.0 Å². The van der Waals surface area contributed by atoms with E-state index >= 15 is 0 Å². The Balaban J connectivity index is 1.79. The molecule has 0 unspecified atom stereocenters. The van der Waals surface area contributed by atoms with Crippen LogP contribution >= 0.6 is 0 Å². The second-order valence-corrected chi connectivity index (χ2v) is 9.89. The van der Waals surface area contributed by atoms with Gasteiger partial charge in [-0.2, -0.15) is 0 Å². The molecule has 1 aliphatic rings. The topological polar surface area (TPSA) is 100 Å². The minimum Gasteiger partial charge on any atom is -0.494 e. The molecule has 2 atom stereocenters. The van der Waals surface area contributed by atoms with Crippen molar-refractivity contribution in [2.45, 2.75) is 60.2 Å². The number of ether oxygens (including phenoxy) is 9. The lowest BCUT2D eigenvalue weighted by Crippen LogP contribution is -2.35. The van der Waals surface area contributed by atoms with Crippen LogP contribution in [0.1, 0.15) is 69.1 Å². The zero-order chi connectivity index (χ0) is 32.3. The van der Waals surface area contributed by atoms with E-state index in [0.717, 1.165) is 11.1 Å². The Morgan fingerprint density at radius 2 is 1.27 bits per heavy atom. The minimum atomic E-state index is -0.734. The van der Waals surface area contributed by atoms with Gasteiger partial charge in [-0.15, -0.1) is 0 Å². The molecule has 0 saturated heterocycles. The zero-order valence-electron chi connectivity index (χ0n) is 27.2. The fourth-order valence-electron chi connectivity index (χ4n) is 5.21. The van der Waals surface area contributed by atoms with Gasteiger partial charge in [0.15, 0.2) is 29.1 Å². The van der Waals surface area contributed by atoms with Crippen molar-refractivity contribution in [1.82, 2.24) is 0 Å². The summed E-state index contributed by atoms with van der Waals surface area (Å²) in [5, 5.41) is 0. The van der Waals surface area contributed by atoms with E-state index in [-0.39, 0.29) is 5.56 Å². The molecule has 0 aromatic heterocycles. The van der Waals surface area contributed by atoms with Gasteiger partial charge in [0.05, 0.1) is 52.3 Å². The Hall–Kier alpha value is -4.47. The third kappa shape index (κ3) is 7.79. The Bertz CT molecular complexity index is 1410. The van der Waals surface area contributed by atoms with Crippen molar-refractivity contribution in [1.29, 1.82) is 0 Å². The van der Waals surface area contributed by atoms with Crippen LogP contribution in [0.15, 0.2) is 42.5 Å². The highest BCUT2D eigenvalue weighted by Crippen LogP contribution is 2.45. The molecule has 1 heterocycles. The Morgan fingerprint density at radius 3 is 1.87 bits per heavy atom. The first-order valence-corrected chi connectivity index (χ1v) is 15.6. The van der Waals surface area contributed by atoms with Crippen molar-refractivity contribution in [3.63, 3.8) is 0 Å². The van der Waals surface area contributed by atoms with Crippen LogP contribution in [-0.2, 0) is 11.2 Å². The minimum absolute atomic E-state index is 0.255. The number of benzene rings is 3. The van der Waals surface area contributed by atoms with Crippen molar-refractivity contribution < 1.29 is 47.4 Å². The lowest BCUT2D eigenvalue weighted by atomic mass is 9.93. The molecule has 45 heavy (non-hydrogen) atoms. The summed E-state index contributed by atoms with van der Waals surface area (Å²) in [5.41, 5.74) is 1.79. The normalized spacial score (nSPS) is 15.3. The van der Waals surface area contributed by atoms with Crippen LogP contribution < -0.4 is 37.9 Å². The van der Waals surface area contributed by atoms with E-state index in [0.29, 0.717) is 92.1 Å². The van der Waals surface area contributed by atoms with Gasteiger partial charge in [-0.05, 0) is 65.8 Å². The van der Waals surface area contributed by atoms with Gasteiger partial charge < -0.3 is 42.6 Å². The number of esters is 1. The van der Waals surface area contributed by atoms with Crippen LogP contribution in [0.4, 0.5) is 0 Å². The molecule has 1 aliphatic heterocycles. The molecular weight excluding hydrogens is 580 g/mol. The number of fused-ring (bicyclic) bond motifs is 1. The van der Waals surface area contributed by atoms with Crippen molar-refractivity contribution in [2.75, 3.05) is 46.8 Å². The molecule has 0 fully saturated rings. The number of methoxy groups -OCH3 is 1. The number of rotatable bonds is 16. The Labute approximate surface area is 265 Å². The van der Waals surface area contributed by atoms with E-state index in [1.807, 2.05) is 71.9 Å². The third-order valence-corrected chi connectivity index (χ3v) is 6.96. The molecule has 244 valence electrons. The molecule has 0 bridgehead atoms. The number of carbonyl (C=O) groups excluding carboxylic acids is 1. The second kappa shape index (κ2) is 16.0. The van der Waals surface area contributed by atoms with Crippen LogP contribution in [0.2, 0.25) is 0 Å². The van der Waals surface area contributed by atoms with Crippen molar-refractivity contribution >= 4 is 5.97 Å². The van der Waals surface area contributed by atoms with Crippen LogP contribution in [0.5, 0.6) is 46.0 Å². The van der Waals surface area contributed by atoms with Gasteiger partial charge in [-0.1, -0.05) is 6.07 Å². The van der Waals surface area contributed by atoms with Crippen LogP contribution in [-0.4, -0.2) is 58.8 Å². The van der Waals surface area contributed by atoms with Crippen LogP contribution in [0.3, 0.4) is 0 Å². The quantitative estimate of drug-likeness (QED) is 0.155. The summed E-state index contributed by atoms with van der Waals surface area (Å²) in [6.45, 7) is 14.0. The summed E-state index contributed by atoms with van der Waals surface area (Å²) < 4.78 is 53.5. The molecule has 0 spiro atoms. The van der Waals surface area contributed by atoms with E-state index < -0.39 is 18.2 Å². The molecule has 0 saturated carbocycles. The van der Waals surface area contributed by atoms with E-state index in [4.69, 9.17) is 42.6 Å². The van der Waals surface area contributed by atoms with E-state index in [2.05, 4.69) is 0 Å². The maximum Gasteiger partial charge on any atom is 0.338 e. The number of hydrogen-bond acceptors (Lipinski definition) is 10. The Kier molecular flexibility index (Phi) is 11.9. The molecule has 0 amide bonds. The van der Waals surface area contributed by atoms with Gasteiger partial charge in [0.2, 0.25) is 5.75 Å². The lowest BCUT2D eigenvalue weighted by Gasteiger charge is -2.35. The summed E-state index contributed by atoms with van der Waals surface area (Å²) >= 11 is 0. The highest BCUT2D eigenvalue weighted by molar-refractivity contribution is 5.91. The molecule has 3 aromatic rings. The predicted molar refractivity (Wildman–Crippen MR) is 169 cm³/mol. The maximum absolute atomic E-state index is 13.8. The smallest absolute Gasteiger partial charge is 0.338 e. The summed E-state index contributed by atoms with van der Waals surface area (Å²) in [7, 11) is 1.53. The molecule has 10 heteroatoms. The van der Waals surface area contributed by atoms with Gasteiger partial charge in [0.25, 0.3) is 0 Å².